The Morgan fingerprint density at radius 1 is 1.06 bits per heavy atom. The SMILES string of the molecule is COc1c(NC(C)(C)C)ccc(C(C)(C)C)c1Cl. The first kappa shape index (κ1) is 15.2. The van der Waals surface area contributed by atoms with Crippen LogP contribution in [0.4, 0.5) is 5.69 Å². The molecule has 0 saturated heterocycles. The van der Waals surface area contributed by atoms with Crippen molar-refractivity contribution < 1.29 is 4.74 Å². The van der Waals surface area contributed by atoms with E-state index >= 15 is 0 Å². The molecular formula is C15H24ClNO. The van der Waals surface area contributed by atoms with Crippen LogP contribution in [0.25, 0.3) is 0 Å². The van der Waals surface area contributed by atoms with E-state index in [1.165, 1.54) is 0 Å². The van der Waals surface area contributed by atoms with E-state index in [4.69, 9.17) is 16.3 Å². The van der Waals surface area contributed by atoms with E-state index in [-0.39, 0.29) is 11.0 Å². The molecule has 0 amide bonds. The summed E-state index contributed by atoms with van der Waals surface area (Å²) in [5.41, 5.74) is 2.01. The van der Waals surface area contributed by atoms with Crippen molar-refractivity contribution in [2.24, 2.45) is 0 Å². The summed E-state index contributed by atoms with van der Waals surface area (Å²) in [6, 6.07) is 4.11. The van der Waals surface area contributed by atoms with Gasteiger partial charge in [-0.05, 0) is 37.8 Å². The summed E-state index contributed by atoms with van der Waals surface area (Å²) in [6.45, 7) is 12.8. The summed E-state index contributed by atoms with van der Waals surface area (Å²) >= 11 is 6.46. The van der Waals surface area contributed by atoms with Crippen molar-refractivity contribution in [1.82, 2.24) is 0 Å². The molecule has 0 aliphatic heterocycles. The number of halogens is 1. The first-order valence-electron chi connectivity index (χ1n) is 6.21. The summed E-state index contributed by atoms with van der Waals surface area (Å²) in [5, 5.41) is 4.10. The second-order valence-corrected chi connectivity index (χ2v) is 7.01. The number of benzene rings is 1. The zero-order valence-electron chi connectivity index (χ0n) is 12.4. The lowest BCUT2D eigenvalue weighted by Crippen LogP contribution is -2.26. The lowest BCUT2D eigenvalue weighted by Gasteiger charge is -2.27. The van der Waals surface area contributed by atoms with Gasteiger partial charge in [0.05, 0.1) is 17.8 Å². The van der Waals surface area contributed by atoms with Crippen molar-refractivity contribution in [3.63, 3.8) is 0 Å². The normalized spacial score (nSPS) is 12.4. The van der Waals surface area contributed by atoms with Crippen LogP contribution in [0, 0.1) is 0 Å². The minimum absolute atomic E-state index is 0.00459. The van der Waals surface area contributed by atoms with E-state index in [0.29, 0.717) is 5.02 Å². The molecule has 2 nitrogen and oxygen atoms in total. The van der Waals surface area contributed by atoms with E-state index in [1.807, 2.05) is 6.07 Å². The lowest BCUT2D eigenvalue weighted by molar-refractivity contribution is 0.413. The summed E-state index contributed by atoms with van der Waals surface area (Å²) < 4.78 is 5.46. The van der Waals surface area contributed by atoms with Crippen LogP contribution in [0.1, 0.15) is 47.1 Å². The van der Waals surface area contributed by atoms with Crippen LogP contribution in [0.5, 0.6) is 5.75 Å². The Bertz CT molecular complexity index is 427. The Kier molecular flexibility index (Phi) is 4.22. The molecule has 0 spiro atoms. The lowest BCUT2D eigenvalue weighted by atomic mass is 9.86. The van der Waals surface area contributed by atoms with Crippen molar-refractivity contribution in [2.75, 3.05) is 12.4 Å². The Hall–Kier alpha value is -0.890. The van der Waals surface area contributed by atoms with Crippen LogP contribution in [0.3, 0.4) is 0 Å². The van der Waals surface area contributed by atoms with Gasteiger partial charge in [-0.25, -0.2) is 0 Å². The van der Waals surface area contributed by atoms with Gasteiger partial charge in [0.2, 0.25) is 0 Å². The Balaban J connectivity index is 3.30. The second kappa shape index (κ2) is 5.00. The highest BCUT2D eigenvalue weighted by molar-refractivity contribution is 6.33. The van der Waals surface area contributed by atoms with Gasteiger partial charge >= 0.3 is 0 Å². The molecule has 0 atom stereocenters. The molecule has 0 aliphatic carbocycles. The van der Waals surface area contributed by atoms with Crippen LogP contribution >= 0.6 is 11.6 Å². The quantitative estimate of drug-likeness (QED) is 0.828. The highest BCUT2D eigenvalue weighted by Crippen LogP contribution is 2.41. The first-order valence-corrected chi connectivity index (χ1v) is 6.59. The molecule has 1 aromatic rings. The van der Waals surface area contributed by atoms with Gasteiger partial charge in [-0.15, -0.1) is 0 Å². The molecule has 3 heteroatoms. The van der Waals surface area contributed by atoms with Gasteiger partial charge in [-0.2, -0.15) is 0 Å². The molecule has 0 fully saturated rings. The molecule has 1 N–H and O–H groups in total. The third-order valence-corrected chi connectivity index (χ3v) is 2.99. The van der Waals surface area contributed by atoms with Crippen molar-refractivity contribution in [3.8, 4) is 5.75 Å². The maximum atomic E-state index is 6.46. The number of hydrogen-bond donors (Lipinski definition) is 1. The summed E-state index contributed by atoms with van der Waals surface area (Å²) in [6.07, 6.45) is 0. The van der Waals surface area contributed by atoms with Crippen LogP contribution in [0.15, 0.2) is 12.1 Å². The van der Waals surface area contributed by atoms with Crippen molar-refractivity contribution in [1.29, 1.82) is 0 Å². The zero-order chi connectivity index (χ0) is 14.1. The van der Waals surface area contributed by atoms with E-state index in [0.717, 1.165) is 17.0 Å². The van der Waals surface area contributed by atoms with Gasteiger partial charge in [0, 0.05) is 5.54 Å². The topological polar surface area (TPSA) is 21.3 Å². The average Bonchev–Trinajstić information content (AvgIpc) is 2.13. The smallest absolute Gasteiger partial charge is 0.160 e. The third-order valence-electron chi connectivity index (χ3n) is 2.62. The second-order valence-electron chi connectivity index (χ2n) is 6.63. The summed E-state index contributed by atoms with van der Waals surface area (Å²) in [7, 11) is 1.65. The van der Waals surface area contributed by atoms with Crippen molar-refractivity contribution in [2.45, 2.75) is 52.5 Å². The highest BCUT2D eigenvalue weighted by Gasteiger charge is 2.23. The summed E-state index contributed by atoms with van der Waals surface area (Å²) in [4.78, 5) is 0. The first-order chi connectivity index (χ1) is 8.06. The molecule has 0 radical (unpaired) electrons. The molecule has 1 aromatic carbocycles. The van der Waals surface area contributed by atoms with Crippen molar-refractivity contribution >= 4 is 17.3 Å². The highest BCUT2D eigenvalue weighted by atomic mass is 35.5. The molecule has 0 bridgehead atoms. The standard InChI is InChI=1S/C15H24ClNO/c1-14(2,3)10-8-9-11(17-15(4,5)6)13(18-7)12(10)16/h8-9,17H,1-7H3. The number of anilines is 1. The van der Waals surface area contributed by atoms with Gasteiger partial charge in [-0.1, -0.05) is 38.4 Å². The minimum Gasteiger partial charge on any atom is -0.493 e. The van der Waals surface area contributed by atoms with Crippen LogP contribution in [-0.2, 0) is 5.41 Å². The monoisotopic (exact) mass is 269 g/mol. The minimum atomic E-state index is -0.0279. The summed E-state index contributed by atoms with van der Waals surface area (Å²) in [5.74, 6) is 0.721. The third kappa shape index (κ3) is 3.55. The molecule has 102 valence electrons. The fraction of sp³-hybridized carbons (Fsp3) is 0.600. The van der Waals surface area contributed by atoms with E-state index in [9.17, 15) is 0 Å². The molecule has 1 rings (SSSR count). The van der Waals surface area contributed by atoms with E-state index < -0.39 is 0 Å². The van der Waals surface area contributed by atoms with E-state index in [1.54, 1.807) is 7.11 Å². The van der Waals surface area contributed by atoms with Crippen LogP contribution in [-0.4, -0.2) is 12.6 Å². The fourth-order valence-electron chi connectivity index (χ4n) is 1.84. The van der Waals surface area contributed by atoms with Gasteiger partial charge < -0.3 is 10.1 Å². The molecule has 0 unspecified atom stereocenters. The Morgan fingerprint density at radius 3 is 2.00 bits per heavy atom. The largest absolute Gasteiger partial charge is 0.493 e. The molecule has 18 heavy (non-hydrogen) atoms. The molecule has 0 saturated carbocycles. The fourth-order valence-corrected chi connectivity index (χ4v) is 2.36. The predicted octanol–water partition coefficient (Wildman–Crippen LogP) is 4.86. The number of nitrogens with one attached hydrogen (secondary N) is 1. The van der Waals surface area contributed by atoms with Gasteiger partial charge in [0.15, 0.2) is 5.75 Å². The Labute approximate surface area is 116 Å². The zero-order valence-corrected chi connectivity index (χ0v) is 13.2. The maximum absolute atomic E-state index is 6.46. The van der Waals surface area contributed by atoms with Crippen LogP contribution in [0.2, 0.25) is 5.02 Å². The molecule has 0 aromatic heterocycles. The van der Waals surface area contributed by atoms with Gasteiger partial charge in [0.25, 0.3) is 0 Å². The van der Waals surface area contributed by atoms with E-state index in [2.05, 4.69) is 52.9 Å². The number of rotatable bonds is 2. The average molecular weight is 270 g/mol. The maximum Gasteiger partial charge on any atom is 0.160 e. The molecule has 0 aliphatic rings. The van der Waals surface area contributed by atoms with Crippen LogP contribution < -0.4 is 10.1 Å². The Morgan fingerprint density at radius 2 is 1.61 bits per heavy atom. The van der Waals surface area contributed by atoms with Gasteiger partial charge in [0.1, 0.15) is 0 Å². The molecule has 0 heterocycles. The molecular weight excluding hydrogens is 246 g/mol. The number of ether oxygens (including phenoxy) is 1. The number of methoxy groups -OCH3 is 1. The predicted molar refractivity (Wildman–Crippen MR) is 80.1 cm³/mol. The van der Waals surface area contributed by atoms with Gasteiger partial charge in [-0.3, -0.25) is 0 Å². The van der Waals surface area contributed by atoms with Crippen molar-refractivity contribution in [3.05, 3.63) is 22.7 Å². The number of hydrogen-bond acceptors (Lipinski definition) is 2.